The summed E-state index contributed by atoms with van der Waals surface area (Å²) in [4.78, 5) is 0. The summed E-state index contributed by atoms with van der Waals surface area (Å²) in [6, 6.07) is 0. The zero-order valence-corrected chi connectivity index (χ0v) is 7.24. The Bertz CT molecular complexity index is 166. The third-order valence-electron chi connectivity index (χ3n) is 2.24. The second-order valence-electron chi connectivity index (χ2n) is 3.40. The molecular weight excluding hydrogens is 154 g/mol. The minimum Gasteiger partial charge on any atom is -0.393 e. The van der Waals surface area contributed by atoms with Crippen molar-refractivity contribution in [3.63, 3.8) is 0 Å². The predicted octanol–water partition coefficient (Wildman–Crippen LogP) is 0.515. The van der Waals surface area contributed by atoms with E-state index >= 15 is 0 Å². The molecule has 1 unspecified atom stereocenters. The van der Waals surface area contributed by atoms with Crippen LogP contribution in [-0.4, -0.2) is 22.5 Å². The minimum absolute atomic E-state index is 0.156. The summed E-state index contributed by atoms with van der Waals surface area (Å²) >= 11 is 0. The molecule has 0 aliphatic heterocycles. The highest BCUT2D eigenvalue weighted by Crippen LogP contribution is 2.21. The molecule has 3 nitrogen and oxygen atoms in total. The summed E-state index contributed by atoms with van der Waals surface area (Å²) in [7, 11) is 0. The molecule has 0 saturated carbocycles. The first-order valence-electron chi connectivity index (χ1n) is 4.48. The number of rotatable bonds is 3. The standard InChI is InChI=1S/C9H17NO2/c10-9(12)6-3-7-1-4-8(11)5-2-7/h1,8-9,11-12H,2-6,10H2/t8-,9?/m1/s1. The summed E-state index contributed by atoms with van der Waals surface area (Å²) in [5.41, 5.74) is 6.54. The molecule has 0 fully saturated rings. The van der Waals surface area contributed by atoms with Crippen molar-refractivity contribution >= 4 is 0 Å². The van der Waals surface area contributed by atoms with E-state index in [0.717, 1.165) is 25.7 Å². The molecule has 0 aromatic carbocycles. The maximum absolute atomic E-state index is 9.19. The van der Waals surface area contributed by atoms with Gasteiger partial charge in [-0.1, -0.05) is 11.6 Å². The average Bonchev–Trinajstić information content (AvgIpc) is 2.03. The first-order chi connectivity index (χ1) is 5.68. The minimum atomic E-state index is -0.697. The third kappa shape index (κ3) is 3.34. The third-order valence-corrected chi connectivity index (χ3v) is 2.24. The number of nitrogens with two attached hydrogens (primary N) is 1. The van der Waals surface area contributed by atoms with E-state index in [1.807, 2.05) is 0 Å². The lowest BCUT2D eigenvalue weighted by Gasteiger charge is -2.17. The summed E-state index contributed by atoms with van der Waals surface area (Å²) in [5.74, 6) is 0. The number of hydrogen-bond donors (Lipinski definition) is 3. The van der Waals surface area contributed by atoms with E-state index in [4.69, 9.17) is 10.8 Å². The van der Waals surface area contributed by atoms with Gasteiger partial charge >= 0.3 is 0 Å². The van der Waals surface area contributed by atoms with Gasteiger partial charge in [0, 0.05) is 0 Å². The Kier molecular flexibility index (Phi) is 3.72. The monoisotopic (exact) mass is 171 g/mol. The zero-order valence-electron chi connectivity index (χ0n) is 7.24. The Balaban J connectivity index is 2.24. The van der Waals surface area contributed by atoms with E-state index in [2.05, 4.69) is 6.08 Å². The molecule has 70 valence electrons. The molecule has 0 heterocycles. The van der Waals surface area contributed by atoms with Crippen molar-refractivity contribution < 1.29 is 10.2 Å². The van der Waals surface area contributed by atoms with Crippen LogP contribution in [0.15, 0.2) is 11.6 Å². The molecule has 1 aliphatic carbocycles. The van der Waals surface area contributed by atoms with Gasteiger partial charge in [-0.3, -0.25) is 0 Å². The highest BCUT2D eigenvalue weighted by molar-refractivity contribution is 5.06. The van der Waals surface area contributed by atoms with Gasteiger partial charge in [-0.25, -0.2) is 0 Å². The van der Waals surface area contributed by atoms with E-state index < -0.39 is 6.23 Å². The lowest BCUT2D eigenvalue weighted by atomic mass is 9.94. The maximum atomic E-state index is 9.19. The molecule has 0 spiro atoms. The predicted molar refractivity (Wildman–Crippen MR) is 47.4 cm³/mol. The van der Waals surface area contributed by atoms with E-state index in [0.29, 0.717) is 6.42 Å². The molecule has 1 aliphatic rings. The van der Waals surface area contributed by atoms with Gasteiger partial charge in [-0.05, 0) is 32.1 Å². The van der Waals surface area contributed by atoms with Crippen LogP contribution in [-0.2, 0) is 0 Å². The highest BCUT2D eigenvalue weighted by Gasteiger charge is 2.11. The molecule has 12 heavy (non-hydrogen) atoms. The van der Waals surface area contributed by atoms with Crippen molar-refractivity contribution in [2.24, 2.45) is 5.73 Å². The Labute approximate surface area is 72.9 Å². The van der Waals surface area contributed by atoms with Gasteiger partial charge in [0.15, 0.2) is 0 Å². The normalized spacial score (nSPS) is 26.6. The van der Waals surface area contributed by atoms with Gasteiger partial charge in [0.2, 0.25) is 0 Å². The molecule has 0 radical (unpaired) electrons. The molecule has 0 saturated heterocycles. The second-order valence-corrected chi connectivity index (χ2v) is 3.40. The molecule has 0 aromatic rings. The van der Waals surface area contributed by atoms with Crippen molar-refractivity contribution in [3.05, 3.63) is 11.6 Å². The number of aliphatic hydroxyl groups is 2. The SMILES string of the molecule is NC(O)CCC1=CC[C@@H](O)CC1. The van der Waals surface area contributed by atoms with Gasteiger partial charge in [-0.15, -0.1) is 0 Å². The summed E-state index contributed by atoms with van der Waals surface area (Å²) in [5, 5.41) is 18.0. The Morgan fingerprint density at radius 2 is 2.42 bits per heavy atom. The van der Waals surface area contributed by atoms with E-state index in [1.54, 1.807) is 0 Å². The molecule has 3 heteroatoms. The zero-order chi connectivity index (χ0) is 8.97. The Hall–Kier alpha value is -0.380. The van der Waals surface area contributed by atoms with Crippen LogP contribution in [0.25, 0.3) is 0 Å². The van der Waals surface area contributed by atoms with E-state index in [1.165, 1.54) is 5.57 Å². The van der Waals surface area contributed by atoms with Crippen LogP contribution in [0.5, 0.6) is 0 Å². The molecule has 1 rings (SSSR count). The lowest BCUT2D eigenvalue weighted by Crippen LogP contribution is -2.19. The summed E-state index contributed by atoms with van der Waals surface area (Å²) < 4.78 is 0. The van der Waals surface area contributed by atoms with Crippen LogP contribution in [0.4, 0.5) is 0 Å². The largest absolute Gasteiger partial charge is 0.393 e. The topological polar surface area (TPSA) is 66.5 Å². The van der Waals surface area contributed by atoms with E-state index in [9.17, 15) is 5.11 Å². The van der Waals surface area contributed by atoms with Gasteiger partial charge < -0.3 is 15.9 Å². The first-order valence-corrected chi connectivity index (χ1v) is 4.48. The number of aliphatic hydroxyl groups excluding tert-OH is 2. The fourth-order valence-corrected chi connectivity index (χ4v) is 1.43. The fraction of sp³-hybridized carbons (Fsp3) is 0.778. The molecule has 2 atom stereocenters. The van der Waals surface area contributed by atoms with Crippen molar-refractivity contribution in [2.45, 2.75) is 44.4 Å². The van der Waals surface area contributed by atoms with Gasteiger partial charge in [0.05, 0.1) is 6.10 Å². The smallest absolute Gasteiger partial charge is 0.102 e. The van der Waals surface area contributed by atoms with Crippen LogP contribution in [0, 0.1) is 0 Å². The number of allylic oxidation sites excluding steroid dienone is 1. The molecule has 4 N–H and O–H groups in total. The van der Waals surface area contributed by atoms with Gasteiger partial charge in [-0.2, -0.15) is 0 Å². The van der Waals surface area contributed by atoms with Crippen molar-refractivity contribution in [1.82, 2.24) is 0 Å². The molecule has 0 aromatic heterocycles. The Morgan fingerprint density at radius 1 is 1.67 bits per heavy atom. The maximum Gasteiger partial charge on any atom is 0.102 e. The average molecular weight is 171 g/mol. The van der Waals surface area contributed by atoms with Crippen LogP contribution < -0.4 is 5.73 Å². The number of hydrogen-bond acceptors (Lipinski definition) is 3. The molecule has 0 amide bonds. The van der Waals surface area contributed by atoms with Gasteiger partial charge in [0.25, 0.3) is 0 Å². The molecular formula is C9H17NO2. The quantitative estimate of drug-likeness (QED) is 0.428. The molecule has 0 bridgehead atoms. The lowest BCUT2D eigenvalue weighted by molar-refractivity contribution is 0.157. The van der Waals surface area contributed by atoms with Crippen LogP contribution in [0.3, 0.4) is 0 Å². The van der Waals surface area contributed by atoms with Crippen molar-refractivity contribution in [1.29, 1.82) is 0 Å². The summed E-state index contributed by atoms with van der Waals surface area (Å²) in [6.45, 7) is 0. The summed E-state index contributed by atoms with van der Waals surface area (Å²) in [6.07, 6.45) is 5.27. The fourth-order valence-electron chi connectivity index (χ4n) is 1.43. The first kappa shape index (κ1) is 9.71. The van der Waals surface area contributed by atoms with Crippen molar-refractivity contribution in [2.75, 3.05) is 0 Å². The Morgan fingerprint density at radius 3 is 2.92 bits per heavy atom. The van der Waals surface area contributed by atoms with Crippen LogP contribution >= 0.6 is 0 Å². The second kappa shape index (κ2) is 4.60. The van der Waals surface area contributed by atoms with E-state index in [-0.39, 0.29) is 6.10 Å². The highest BCUT2D eigenvalue weighted by atomic mass is 16.3. The van der Waals surface area contributed by atoms with Crippen LogP contribution in [0.2, 0.25) is 0 Å². The van der Waals surface area contributed by atoms with Crippen LogP contribution in [0.1, 0.15) is 32.1 Å². The van der Waals surface area contributed by atoms with Crippen molar-refractivity contribution in [3.8, 4) is 0 Å². The van der Waals surface area contributed by atoms with Gasteiger partial charge in [0.1, 0.15) is 6.23 Å².